The fourth-order valence-corrected chi connectivity index (χ4v) is 2.48. The predicted octanol–water partition coefficient (Wildman–Crippen LogP) is 1.42. The van der Waals surface area contributed by atoms with Gasteiger partial charge in [-0.25, -0.2) is 4.79 Å². The Labute approximate surface area is 157 Å². The Hall–Kier alpha value is -2.84. The Morgan fingerprint density at radius 3 is 2.04 bits per heavy atom. The third-order valence-corrected chi connectivity index (χ3v) is 3.59. The summed E-state index contributed by atoms with van der Waals surface area (Å²) in [5.74, 6) is -2.95. The van der Waals surface area contributed by atoms with Crippen molar-refractivity contribution < 1.29 is 38.5 Å². The summed E-state index contributed by atoms with van der Waals surface area (Å²) in [6.45, 7) is 5.07. The second-order valence-electron chi connectivity index (χ2n) is 6.84. The van der Waals surface area contributed by atoms with Crippen LogP contribution in [0, 0.1) is 0 Å². The van der Waals surface area contributed by atoms with Gasteiger partial charge in [0.1, 0.15) is 11.3 Å². The van der Waals surface area contributed by atoms with Crippen LogP contribution in [0.5, 0.6) is 0 Å². The number of H-pyrrole nitrogens is 1. The quantitative estimate of drug-likeness (QED) is 0.509. The molecule has 0 aliphatic carbocycles. The molecule has 1 aromatic heterocycles. The number of hydrogen-bond acceptors (Lipinski definition) is 7. The first-order valence-corrected chi connectivity index (χ1v) is 8.29. The van der Waals surface area contributed by atoms with Crippen LogP contribution >= 0.6 is 0 Å². The minimum atomic E-state index is -1.14. The standard InChI is InChI=1S/C18H25NO8/c1-18(2,3)27-17(24)16-10(6-7-14(22)25-4)11(8-15(23)26-5)12(19-16)9-13(20)21/h19H,6-9H2,1-5H3,(H,20,21). The van der Waals surface area contributed by atoms with Crippen LogP contribution in [-0.4, -0.2) is 53.8 Å². The molecule has 0 aliphatic heterocycles. The van der Waals surface area contributed by atoms with Crippen LogP contribution in [0.25, 0.3) is 0 Å². The van der Waals surface area contributed by atoms with Gasteiger partial charge in [0.15, 0.2) is 0 Å². The molecule has 9 heteroatoms. The molecule has 0 saturated heterocycles. The Morgan fingerprint density at radius 1 is 0.963 bits per heavy atom. The molecule has 0 aromatic carbocycles. The number of methoxy groups -OCH3 is 2. The molecule has 0 bridgehead atoms. The number of carboxylic acids is 1. The third kappa shape index (κ3) is 6.76. The highest BCUT2D eigenvalue weighted by atomic mass is 16.6. The van der Waals surface area contributed by atoms with E-state index >= 15 is 0 Å². The topological polar surface area (TPSA) is 132 Å². The summed E-state index contributed by atoms with van der Waals surface area (Å²) in [5, 5.41) is 9.14. The van der Waals surface area contributed by atoms with E-state index in [1.807, 2.05) is 0 Å². The zero-order valence-corrected chi connectivity index (χ0v) is 16.1. The number of carboxylic acid groups (broad SMARTS) is 1. The Balaban J connectivity index is 3.43. The van der Waals surface area contributed by atoms with E-state index in [0.717, 1.165) is 0 Å². The van der Waals surface area contributed by atoms with Crippen molar-refractivity contribution in [3.05, 3.63) is 22.5 Å². The Kier molecular flexibility index (Phi) is 7.56. The van der Waals surface area contributed by atoms with Gasteiger partial charge in [-0.05, 0) is 38.3 Å². The lowest BCUT2D eigenvalue weighted by Gasteiger charge is -2.19. The molecule has 0 radical (unpaired) electrons. The summed E-state index contributed by atoms with van der Waals surface area (Å²) in [7, 11) is 2.44. The van der Waals surface area contributed by atoms with Crippen molar-refractivity contribution in [2.45, 2.75) is 52.1 Å². The molecular formula is C18H25NO8. The van der Waals surface area contributed by atoms with Gasteiger partial charge >= 0.3 is 23.9 Å². The summed E-state index contributed by atoms with van der Waals surface area (Å²) in [6.07, 6.45) is -0.649. The molecule has 0 amide bonds. The normalized spacial score (nSPS) is 11.0. The minimum Gasteiger partial charge on any atom is -0.481 e. The van der Waals surface area contributed by atoms with Gasteiger partial charge in [-0.1, -0.05) is 0 Å². The smallest absolute Gasteiger partial charge is 0.355 e. The number of carbonyl (C=O) groups excluding carboxylic acids is 3. The summed E-state index contributed by atoms with van der Waals surface area (Å²) < 4.78 is 14.6. The summed E-state index contributed by atoms with van der Waals surface area (Å²) in [5.41, 5.74) is 0.0833. The molecule has 150 valence electrons. The average molecular weight is 383 g/mol. The first-order chi connectivity index (χ1) is 12.5. The average Bonchev–Trinajstić information content (AvgIpc) is 2.87. The van der Waals surface area contributed by atoms with Crippen molar-refractivity contribution in [1.29, 1.82) is 0 Å². The highest BCUT2D eigenvalue weighted by Gasteiger charge is 2.28. The summed E-state index contributed by atoms with van der Waals surface area (Å²) >= 11 is 0. The third-order valence-electron chi connectivity index (χ3n) is 3.59. The lowest BCUT2D eigenvalue weighted by atomic mass is 9.99. The maximum absolute atomic E-state index is 12.6. The van der Waals surface area contributed by atoms with Crippen LogP contribution in [-0.2, 0) is 47.9 Å². The van der Waals surface area contributed by atoms with Crippen molar-refractivity contribution in [3.8, 4) is 0 Å². The highest BCUT2D eigenvalue weighted by molar-refractivity contribution is 5.91. The van der Waals surface area contributed by atoms with Crippen LogP contribution in [0.15, 0.2) is 0 Å². The molecule has 27 heavy (non-hydrogen) atoms. The maximum atomic E-state index is 12.6. The van der Waals surface area contributed by atoms with Gasteiger partial charge in [0, 0.05) is 12.1 Å². The van der Waals surface area contributed by atoms with E-state index in [2.05, 4.69) is 14.5 Å². The molecule has 0 saturated carbocycles. The van der Waals surface area contributed by atoms with Gasteiger partial charge in [-0.2, -0.15) is 0 Å². The van der Waals surface area contributed by atoms with Gasteiger partial charge < -0.3 is 24.3 Å². The lowest BCUT2D eigenvalue weighted by molar-refractivity contribution is -0.141. The molecule has 1 heterocycles. The molecule has 0 spiro atoms. The van der Waals surface area contributed by atoms with E-state index < -0.39 is 35.9 Å². The minimum absolute atomic E-state index is 0.0176. The molecule has 0 aliphatic rings. The number of aliphatic carboxylic acids is 1. The van der Waals surface area contributed by atoms with Crippen LogP contribution in [0.2, 0.25) is 0 Å². The van der Waals surface area contributed by atoms with E-state index in [9.17, 15) is 19.2 Å². The zero-order valence-electron chi connectivity index (χ0n) is 16.1. The fourth-order valence-electron chi connectivity index (χ4n) is 2.48. The van der Waals surface area contributed by atoms with Crippen LogP contribution in [0.1, 0.15) is 54.5 Å². The zero-order chi connectivity index (χ0) is 20.8. The van der Waals surface area contributed by atoms with E-state index in [-0.39, 0.29) is 30.7 Å². The first kappa shape index (κ1) is 22.2. The molecule has 0 atom stereocenters. The molecule has 0 fully saturated rings. The van der Waals surface area contributed by atoms with E-state index in [4.69, 9.17) is 9.84 Å². The van der Waals surface area contributed by atoms with Crippen molar-refractivity contribution in [1.82, 2.24) is 4.98 Å². The van der Waals surface area contributed by atoms with Gasteiger partial charge in [-0.3, -0.25) is 14.4 Å². The maximum Gasteiger partial charge on any atom is 0.355 e. The molecule has 0 unspecified atom stereocenters. The lowest BCUT2D eigenvalue weighted by Crippen LogP contribution is -2.25. The number of nitrogens with one attached hydrogen (secondary N) is 1. The van der Waals surface area contributed by atoms with E-state index in [1.54, 1.807) is 20.8 Å². The van der Waals surface area contributed by atoms with Gasteiger partial charge in [0.25, 0.3) is 0 Å². The Bertz CT molecular complexity index is 726. The molecule has 1 aromatic rings. The molecular weight excluding hydrogens is 358 g/mol. The van der Waals surface area contributed by atoms with Crippen LogP contribution < -0.4 is 0 Å². The SMILES string of the molecule is COC(=O)CCc1c(C(=O)OC(C)(C)C)[nH]c(CC(=O)O)c1CC(=O)OC. The van der Waals surface area contributed by atoms with Gasteiger partial charge in [0.2, 0.25) is 0 Å². The van der Waals surface area contributed by atoms with Crippen molar-refractivity contribution >= 4 is 23.9 Å². The van der Waals surface area contributed by atoms with Crippen LogP contribution in [0.4, 0.5) is 0 Å². The number of aromatic amines is 1. The number of hydrogen-bond donors (Lipinski definition) is 2. The van der Waals surface area contributed by atoms with Crippen molar-refractivity contribution in [2.24, 2.45) is 0 Å². The number of aromatic nitrogens is 1. The number of ether oxygens (including phenoxy) is 3. The molecule has 1 rings (SSSR count). The predicted molar refractivity (Wildman–Crippen MR) is 93.4 cm³/mol. The summed E-state index contributed by atoms with van der Waals surface area (Å²) in [4.78, 5) is 49.8. The largest absolute Gasteiger partial charge is 0.481 e. The van der Waals surface area contributed by atoms with Crippen molar-refractivity contribution in [3.63, 3.8) is 0 Å². The fraction of sp³-hybridized carbons (Fsp3) is 0.556. The van der Waals surface area contributed by atoms with E-state index in [1.165, 1.54) is 14.2 Å². The van der Waals surface area contributed by atoms with Crippen molar-refractivity contribution in [2.75, 3.05) is 14.2 Å². The van der Waals surface area contributed by atoms with E-state index in [0.29, 0.717) is 11.1 Å². The van der Waals surface area contributed by atoms with Gasteiger partial charge in [-0.15, -0.1) is 0 Å². The first-order valence-electron chi connectivity index (χ1n) is 8.29. The van der Waals surface area contributed by atoms with Crippen LogP contribution in [0.3, 0.4) is 0 Å². The van der Waals surface area contributed by atoms with Gasteiger partial charge in [0.05, 0.1) is 27.1 Å². The monoisotopic (exact) mass is 383 g/mol. The second kappa shape index (κ2) is 9.20. The number of esters is 3. The Morgan fingerprint density at radius 2 is 1.56 bits per heavy atom. The highest BCUT2D eigenvalue weighted by Crippen LogP contribution is 2.25. The number of carbonyl (C=O) groups is 4. The molecule has 9 nitrogen and oxygen atoms in total. The summed E-state index contributed by atoms with van der Waals surface area (Å²) in [6, 6.07) is 0. The molecule has 2 N–H and O–H groups in total. The second-order valence-corrected chi connectivity index (χ2v) is 6.84. The number of rotatable bonds is 8.